The number of likely N-dealkylation sites (tertiary alicyclic amines) is 1. The third kappa shape index (κ3) is 32.3. The quantitative estimate of drug-likeness (QED) is 0.00779. The Morgan fingerprint density at radius 2 is 1.08 bits per heavy atom. The molecular weight excluding hydrogens is 1580 g/mol. The number of carbonyl (C=O) groups excluding carboxylic acids is 14. The van der Waals surface area contributed by atoms with Gasteiger partial charge in [-0.25, -0.2) is 9.78 Å². The van der Waals surface area contributed by atoms with Crippen molar-refractivity contribution in [3.8, 4) is 16.9 Å². The number of aromatic nitrogens is 2. The number of benzene rings is 4. The predicted octanol–water partition coefficient (Wildman–Crippen LogP) is -3.45. The first-order valence-corrected chi connectivity index (χ1v) is 39.6. The summed E-state index contributed by atoms with van der Waals surface area (Å²) >= 11 is 8.62. The zero-order valence-corrected chi connectivity index (χ0v) is 68.4. The Labute approximate surface area is 698 Å². The molecule has 1 fully saturated rings. The highest BCUT2D eigenvalue weighted by Gasteiger charge is 2.42. The Bertz CT molecular complexity index is 4330. The van der Waals surface area contributed by atoms with Gasteiger partial charge in [-0.3, -0.25) is 72.1 Å². The highest BCUT2D eigenvalue weighted by atomic mass is 32.1. The van der Waals surface area contributed by atoms with E-state index in [-0.39, 0.29) is 101 Å². The van der Waals surface area contributed by atoms with Crippen molar-refractivity contribution in [1.82, 2.24) is 78.7 Å². The molecule has 4 aromatic carbocycles. The Balaban J connectivity index is 1.14. The number of primary amides is 1. The summed E-state index contributed by atoms with van der Waals surface area (Å²) in [5, 5.41) is 61.0. The minimum Gasteiger partial charge on any atom is -0.508 e. The molecule has 1 saturated heterocycles. The average molecular weight is 1690 g/mol. The molecule has 0 bridgehead atoms. The van der Waals surface area contributed by atoms with E-state index < -0.39 is 186 Å². The van der Waals surface area contributed by atoms with Gasteiger partial charge in [0.1, 0.15) is 66.2 Å². The summed E-state index contributed by atoms with van der Waals surface area (Å²) in [5.74, 6) is -14.5. The van der Waals surface area contributed by atoms with Gasteiger partial charge >= 0.3 is 5.97 Å². The number of aliphatic hydroxyl groups is 1. The largest absolute Gasteiger partial charge is 0.508 e. The Morgan fingerprint density at radius 1 is 0.571 bits per heavy atom. The molecule has 6 rings (SSSR count). The molecule has 0 aliphatic carbocycles. The number of phenols is 1. The normalized spacial score (nSPS) is 15.2. The number of amides is 14. The van der Waals surface area contributed by atoms with Crippen molar-refractivity contribution in [2.24, 2.45) is 33.8 Å². The Morgan fingerprint density at radius 3 is 1.66 bits per heavy atom. The van der Waals surface area contributed by atoms with E-state index in [0.717, 1.165) is 18.1 Å². The first-order valence-electron chi connectivity index (χ1n) is 38.5. The lowest BCUT2D eigenvalue weighted by atomic mass is 9.99. The van der Waals surface area contributed by atoms with Crippen LogP contribution in [-0.4, -0.2) is 241 Å². The number of hydrogen-bond acceptors (Lipinski definition) is 22. The summed E-state index contributed by atoms with van der Waals surface area (Å²) in [7, 11) is 0. The number of nitrogens with one attached hydrogen (secondary N) is 13. The van der Waals surface area contributed by atoms with Crippen molar-refractivity contribution in [2.75, 3.05) is 38.5 Å². The molecule has 0 saturated carbocycles. The van der Waals surface area contributed by atoms with Crippen molar-refractivity contribution in [3.63, 3.8) is 0 Å². The number of aromatic amines is 1. The lowest BCUT2D eigenvalue weighted by molar-refractivity contribution is -0.144. The fourth-order valence-electron chi connectivity index (χ4n) is 12.6. The lowest BCUT2D eigenvalue weighted by Crippen LogP contribution is -2.64. The van der Waals surface area contributed by atoms with Gasteiger partial charge in [0.25, 0.3) is 0 Å². The molecule has 40 heteroatoms. The van der Waals surface area contributed by atoms with Gasteiger partial charge in [0.05, 0.1) is 38.1 Å². The number of carbonyl (C=O) groups is 15. The van der Waals surface area contributed by atoms with Gasteiger partial charge in [0, 0.05) is 67.6 Å². The van der Waals surface area contributed by atoms with Crippen molar-refractivity contribution in [2.45, 2.75) is 183 Å². The third-order valence-electron chi connectivity index (χ3n) is 18.9. The maximum atomic E-state index is 14.7. The Kier molecular flexibility index (Phi) is 38.0. The lowest BCUT2D eigenvalue weighted by Gasteiger charge is -2.33. The maximum absolute atomic E-state index is 14.7. The zero-order chi connectivity index (χ0) is 87.6. The van der Waals surface area contributed by atoms with Gasteiger partial charge in [-0.1, -0.05) is 111 Å². The summed E-state index contributed by atoms with van der Waals surface area (Å²) < 4.78 is -1.47. The van der Waals surface area contributed by atoms with Crippen molar-refractivity contribution >= 4 is 120 Å². The van der Waals surface area contributed by atoms with Gasteiger partial charge < -0.3 is 112 Å². The zero-order valence-electron chi connectivity index (χ0n) is 66.6. The number of nitrogens with zero attached hydrogens (tertiary/aromatic N) is 3. The highest BCUT2D eigenvalue weighted by Crippen LogP contribution is 2.24. The number of guanidine groups is 1. The van der Waals surface area contributed by atoms with Gasteiger partial charge in [-0.2, -0.15) is 25.3 Å². The molecule has 12 atom stereocenters. The van der Waals surface area contributed by atoms with Crippen LogP contribution in [0.1, 0.15) is 102 Å². The van der Waals surface area contributed by atoms with Crippen LogP contribution in [0.2, 0.25) is 0 Å². The fraction of sp³-hybridized carbons (Fsp3) is 0.456. The molecule has 14 amide bonds. The number of carboxylic acid groups (broad SMARTS) is 1. The van der Waals surface area contributed by atoms with Crippen LogP contribution in [0, 0.1) is 5.92 Å². The van der Waals surface area contributed by atoms with Gasteiger partial charge in [0.2, 0.25) is 82.7 Å². The number of aliphatic carboxylic acids is 1. The molecule has 5 aromatic rings. The summed E-state index contributed by atoms with van der Waals surface area (Å²) in [6.45, 7) is 5.34. The molecule has 644 valence electrons. The second kappa shape index (κ2) is 47.3. The van der Waals surface area contributed by atoms with E-state index >= 15 is 0 Å². The van der Waals surface area contributed by atoms with Gasteiger partial charge in [-0.05, 0) is 105 Å². The van der Waals surface area contributed by atoms with Crippen molar-refractivity contribution in [3.05, 3.63) is 144 Å². The van der Waals surface area contributed by atoms with Crippen molar-refractivity contribution < 1.29 is 87.2 Å². The van der Waals surface area contributed by atoms with E-state index in [1.54, 1.807) is 68.4 Å². The second-order valence-corrected chi connectivity index (χ2v) is 31.1. The summed E-state index contributed by atoms with van der Waals surface area (Å²) in [6, 6.07) is 14.9. The van der Waals surface area contributed by atoms with Crippen LogP contribution in [0.4, 0.5) is 0 Å². The van der Waals surface area contributed by atoms with E-state index in [0.29, 0.717) is 28.8 Å². The maximum Gasteiger partial charge on any atom is 0.327 e. The van der Waals surface area contributed by atoms with Crippen molar-refractivity contribution in [1.29, 1.82) is 0 Å². The highest BCUT2D eigenvalue weighted by molar-refractivity contribution is 7.81. The predicted molar refractivity (Wildman–Crippen MR) is 443 cm³/mol. The number of carboxylic acids is 1. The number of aliphatic imine (C=N–C) groups is 1. The van der Waals surface area contributed by atoms with E-state index in [1.165, 1.54) is 55.5 Å². The molecule has 1 aromatic heterocycles. The molecular formula is C79H108N20O18S2. The molecule has 0 unspecified atom stereocenters. The van der Waals surface area contributed by atoms with E-state index in [4.69, 9.17) is 22.9 Å². The summed E-state index contributed by atoms with van der Waals surface area (Å²) in [6.07, 6.45) is 0.466. The minimum absolute atomic E-state index is 0.0313. The molecule has 2 heterocycles. The number of thiol groups is 2. The van der Waals surface area contributed by atoms with Crippen LogP contribution in [-0.2, 0) is 97.6 Å². The average Bonchev–Trinajstić information content (AvgIpc) is 1.76. The molecule has 38 nitrogen and oxygen atoms in total. The number of H-pyrrole nitrogens is 1. The topological polar surface area (TPSA) is 609 Å². The first-order chi connectivity index (χ1) is 56.4. The molecule has 0 radical (unpaired) electrons. The van der Waals surface area contributed by atoms with E-state index in [2.05, 4.69) is 104 Å². The Hall–Kier alpha value is -12.2. The number of phenolic OH excluding ortho intramolecular Hbond substituents is 1. The fourth-order valence-corrected chi connectivity index (χ4v) is 13.0. The monoisotopic (exact) mass is 1690 g/mol. The smallest absolute Gasteiger partial charge is 0.327 e. The van der Waals surface area contributed by atoms with Crippen LogP contribution >= 0.6 is 25.3 Å². The second-order valence-electron chi connectivity index (χ2n) is 29.6. The van der Waals surface area contributed by atoms with Gasteiger partial charge in [0.15, 0.2) is 5.96 Å². The van der Waals surface area contributed by atoms with Crippen LogP contribution in [0.15, 0.2) is 127 Å². The molecule has 24 N–H and O–H groups in total. The standard InChI is InChI=1S/C79H108N20O18S2/c1-43(2)32-54(70(109)95-58(35-47-22-26-51(101)27-23-47)76(115)99-31-13-19-60(99)73(112)96-59(41-118)77(116)117)90-63(104)39-86-62(103)38-87-68(107)55(34-46-20-24-49(25-21-46)48-16-10-7-11-17-48)93-71(110)57(36-50-37-84-42-89-50)91-64(105)40-88-74(113)65(44(3)100)97-75(114)66(79(4,5)119)98-72(111)56(33-45-14-8-6-9-15-45)94-69(108)53(18-12-30-85-78(82)83)92-67(106)52(80)28-29-61(81)102/h6-11,14-17,20-27,37,42-44,52-60,65-66,100-101,118-119H,12-13,18-19,28-36,38-41,80H2,1-5H3,(H2,81,102)(H,84,89)(H,86,103)(H,87,107)(H,88,113)(H,90,104)(H,91,105)(H,92,106)(H,93,110)(H,94,108)(H,95,109)(H,96,112)(H,97,114)(H,98,111)(H,116,117)(H4,82,83,85)/t44-,52+,53+,54+,55+,56+,57+,58+,59+,60+,65+,66-/m1/s1. The number of imidazole rings is 1. The first kappa shape index (κ1) is 95.7. The molecule has 119 heavy (non-hydrogen) atoms. The number of rotatable bonds is 47. The van der Waals surface area contributed by atoms with Crippen LogP contribution in [0.3, 0.4) is 0 Å². The summed E-state index contributed by atoms with van der Waals surface area (Å²) in [4.78, 5) is 218. The molecule has 0 spiro atoms. The van der Waals surface area contributed by atoms with Crippen LogP contribution in [0.5, 0.6) is 5.75 Å². The number of nitrogens with two attached hydrogens (primary N) is 4. The SMILES string of the molecule is CC(C)C[C@H](NC(=O)CNC(=O)CNC(=O)[C@H](Cc1ccc(-c2ccccc2)cc1)NC(=O)[C@H](Cc1cnc[nH]1)NC(=O)CNC(=O)[C@@H](NC(=O)[C@@H](NC(=O)[C@H](Cc1ccccc1)NC(=O)[C@H](CCCN=C(N)N)NC(=O)[C@@H](N)CCC(N)=O)C(C)(C)S)[C@@H](C)O)C(=O)N[C@@H](Cc1ccc(O)cc1)C(=O)N1CCC[C@H]1C(=O)N[C@@H](CS)C(=O)O. The van der Waals surface area contributed by atoms with Gasteiger partial charge in [-0.15, -0.1) is 0 Å². The molecule has 1 aliphatic rings. The van der Waals surface area contributed by atoms with Crippen LogP contribution in [0.25, 0.3) is 11.1 Å². The summed E-state index contributed by atoms with van der Waals surface area (Å²) in [5.41, 5.74) is 25.8. The molecule has 1 aliphatic heterocycles. The van der Waals surface area contributed by atoms with E-state index in [9.17, 15) is 87.2 Å². The number of aliphatic hydroxyl groups excluding tert-OH is 1. The number of hydrogen-bond donors (Lipinski definition) is 22. The minimum atomic E-state index is -1.84. The third-order valence-corrected chi connectivity index (χ3v) is 19.5. The van der Waals surface area contributed by atoms with Crippen LogP contribution < -0.4 is 86.7 Å². The van der Waals surface area contributed by atoms with E-state index in [1.807, 2.05) is 30.3 Å². The number of aromatic hydroxyl groups is 1.